The molecule has 5 heteroatoms. The molecule has 1 aromatic rings. The van der Waals surface area contributed by atoms with Gasteiger partial charge in [-0.2, -0.15) is 0 Å². The van der Waals surface area contributed by atoms with Gasteiger partial charge in [0.25, 0.3) is 0 Å². The molecule has 2 rings (SSSR count). The molecule has 0 unspecified atom stereocenters. The van der Waals surface area contributed by atoms with Gasteiger partial charge in [-0.25, -0.2) is 4.79 Å². The Bertz CT molecular complexity index is 505. The number of hydrogen-bond donors (Lipinski definition) is 2. The predicted molar refractivity (Wildman–Crippen MR) is 82.9 cm³/mol. The van der Waals surface area contributed by atoms with Crippen LogP contribution in [0.2, 0.25) is 0 Å². The summed E-state index contributed by atoms with van der Waals surface area (Å²) in [7, 11) is 1.60. The Morgan fingerprint density at radius 2 is 2.10 bits per heavy atom. The molecule has 0 aromatic heterocycles. The lowest BCUT2D eigenvalue weighted by Gasteiger charge is -2.27. The van der Waals surface area contributed by atoms with Crippen molar-refractivity contribution in [1.29, 1.82) is 0 Å². The minimum absolute atomic E-state index is 0.475. The van der Waals surface area contributed by atoms with Crippen molar-refractivity contribution in [2.75, 3.05) is 25.5 Å². The molecule has 0 spiro atoms. The van der Waals surface area contributed by atoms with Gasteiger partial charge in [0.15, 0.2) is 0 Å². The first-order valence-corrected chi connectivity index (χ1v) is 7.25. The first kappa shape index (κ1) is 15.6. The van der Waals surface area contributed by atoms with Crippen LogP contribution in [0.15, 0.2) is 18.2 Å². The number of anilines is 1. The van der Waals surface area contributed by atoms with Crippen LogP contribution in [0.1, 0.15) is 26.3 Å². The number of benzene rings is 1. The molecular formula is C16H24N2O3. The Morgan fingerprint density at radius 1 is 1.38 bits per heavy atom. The number of hydrogen-bond acceptors (Lipinski definition) is 4. The van der Waals surface area contributed by atoms with E-state index in [0.717, 1.165) is 19.5 Å². The molecule has 1 saturated heterocycles. The molecule has 0 atom stereocenters. The summed E-state index contributed by atoms with van der Waals surface area (Å²) in [6, 6.07) is 5.86. The van der Waals surface area contributed by atoms with E-state index in [4.69, 9.17) is 9.47 Å². The van der Waals surface area contributed by atoms with Crippen molar-refractivity contribution in [3.8, 4) is 5.75 Å². The van der Waals surface area contributed by atoms with Crippen LogP contribution >= 0.6 is 0 Å². The molecule has 1 aromatic carbocycles. The molecule has 21 heavy (non-hydrogen) atoms. The van der Waals surface area contributed by atoms with E-state index in [9.17, 15) is 4.79 Å². The van der Waals surface area contributed by atoms with Gasteiger partial charge in [-0.05, 0) is 63.9 Å². The fraction of sp³-hybridized carbons (Fsp3) is 0.562. The van der Waals surface area contributed by atoms with Crippen molar-refractivity contribution in [2.45, 2.75) is 32.8 Å². The summed E-state index contributed by atoms with van der Waals surface area (Å²) in [5.41, 5.74) is 1.32. The highest BCUT2D eigenvalue weighted by Crippen LogP contribution is 2.27. The molecular weight excluding hydrogens is 268 g/mol. The zero-order chi connectivity index (χ0) is 15.5. The van der Waals surface area contributed by atoms with E-state index in [-0.39, 0.29) is 0 Å². The van der Waals surface area contributed by atoms with Gasteiger partial charge in [0.05, 0.1) is 12.8 Å². The van der Waals surface area contributed by atoms with E-state index >= 15 is 0 Å². The van der Waals surface area contributed by atoms with Crippen LogP contribution in [-0.4, -0.2) is 31.9 Å². The van der Waals surface area contributed by atoms with Gasteiger partial charge in [-0.15, -0.1) is 0 Å². The average Bonchev–Trinajstić information content (AvgIpc) is 2.33. The lowest BCUT2D eigenvalue weighted by Crippen LogP contribution is -2.43. The fourth-order valence-electron chi connectivity index (χ4n) is 2.21. The zero-order valence-corrected chi connectivity index (χ0v) is 13.2. The molecule has 5 nitrogen and oxygen atoms in total. The Balaban J connectivity index is 2.03. The SMILES string of the molecule is COc1cc(CC2CNC2)ccc1NC(=O)OC(C)(C)C. The quantitative estimate of drug-likeness (QED) is 0.896. The van der Waals surface area contributed by atoms with E-state index in [1.165, 1.54) is 5.56 Å². The van der Waals surface area contributed by atoms with E-state index in [0.29, 0.717) is 17.4 Å². The Morgan fingerprint density at radius 3 is 2.62 bits per heavy atom. The molecule has 1 aliphatic heterocycles. The van der Waals surface area contributed by atoms with E-state index in [2.05, 4.69) is 10.6 Å². The highest BCUT2D eigenvalue weighted by atomic mass is 16.6. The lowest BCUT2D eigenvalue weighted by molar-refractivity contribution is 0.0635. The van der Waals surface area contributed by atoms with Crippen LogP contribution in [0.5, 0.6) is 5.75 Å². The molecule has 1 fully saturated rings. The second kappa shape index (κ2) is 6.35. The molecule has 116 valence electrons. The summed E-state index contributed by atoms with van der Waals surface area (Å²) in [5.74, 6) is 1.35. The fourth-order valence-corrected chi connectivity index (χ4v) is 2.21. The monoisotopic (exact) mass is 292 g/mol. The van der Waals surface area contributed by atoms with Gasteiger partial charge in [0, 0.05) is 0 Å². The maximum Gasteiger partial charge on any atom is 0.412 e. The smallest absolute Gasteiger partial charge is 0.412 e. The largest absolute Gasteiger partial charge is 0.495 e. The summed E-state index contributed by atoms with van der Waals surface area (Å²) in [6.07, 6.45) is 0.549. The van der Waals surface area contributed by atoms with Crippen molar-refractivity contribution in [1.82, 2.24) is 5.32 Å². The highest BCUT2D eigenvalue weighted by Gasteiger charge is 2.19. The maximum atomic E-state index is 11.8. The number of carbonyl (C=O) groups is 1. The third-order valence-corrected chi connectivity index (χ3v) is 3.29. The van der Waals surface area contributed by atoms with Crippen molar-refractivity contribution in [2.24, 2.45) is 5.92 Å². The van der Waals surface area contributed by atoms with Gasteiger partial charge in [-0.3, -0.25) is 5.32 Å². The third-order valence-electron chi connectivity index (χ3n) is 3.29. The number of nitrogens with one attached hydrogen (secondary N) is 2. The second-order valence-electron chi connectivity index (χ2n) is 6.39. The Labute approximate surface area is 126 Å². The molecule has 1 aliphatic rings. The summed E-state index contributed by atoms with van der Waals surface area (Å²) < 4.78 is 10.6. The van der Waals surface area contributed by atoms with E-state index in [1.807, 2.05) is 39.0 Å². The topological polar surface area (TPSA) is 59.6 Å². The lowest BCUT2D eigenvalue weighted by atomic mass is 9.94. The minimum atomic E-state index is -0.519. The van der Waals surface area contributed by atoms with E-state index in [1.54, 1.807) is 7.11 Å². The maximum absolute atomic E-state index is 11.8. The van der Waals surface area contributed by atoms with Crippen molar-refractivity contribution < 1.29 is 14.3 Å². The van der Waals surface area contributed by atoms with Crippen molar-refractivity contribution >= 4 is 11.8 Å². The van der Waals surface area contributed by atoms with Gasteiger partial charge < -0.3 is 14.8 Å². The third kappa shape index (κ3) is 4.63. The van der Waals surface area contributed by atoms with Crippen LogP contribution in [0.25, 0.3) is 0 Å². The summed E-state index contributed by atoms with van der Waals surface area (Å²) >= 11 is 0. The molecule has 1 amide bonds. The molecule has 1 heterocycles. The standard InChI is InChI=1S/C16H24N2O3/c1-16(2,3)21-15(19)18-13-6-5-11(8-14(13)20-4)7-12-9-17-10-12/h5-6,8,12,17H,7,9-10H2,1-4H3,(H,18,19). The molecule has 2 N–H and O–H groups in total. The normalized spacial score (nSPS) is 15.2. The van der Waals surface area contributed by atoms with Crippen LogP contribution in [0, 0.1) is 5.92 Å². The summed E-state index contributed by atoms with van der Waals surface area (Å²) in [4.78, 5) is 11.8. The van der Waals surface area contributed by atoms with Gasteiger partial charge in [-0.1, -0.05) is 6.07 Å². The number of methoxy groups -OCH3 is 1. The molecule has 0 radical (unpaired) electrons. The van der Waals surface area contributed by atoms with Gasteiger partial charge in [0.1, 0.15) is 11.4 Å². The van der Waals surface area contributed by atoms with Crippen LogP contribution in [0.4, 0.5) is 10.5 Å². The van der Waals surface area contributed by atoms with Crippen LogP contribution in [-0.2, 0) is 11.2 Å². The van der Waals surface area contributed by atoms with E-state index < -0.39 is 11.7 Å². The number of carbonyl (C=O) groups excluding carboxylic acids is 1. The second-order valence-corrected chi connectivity index (χ2v) is 6.39. The summed E-state index contributed by atoms with van der Waals surface area (Å²) in [5, 5.41) is 5.99. The molecule has 0 saturated carbocycles. The molecule has 0 bridgehead atoms. The highest BCUT2D eigenvalue weighted by molar-refractivity contribution is 5.87. The van der Waals surface area contributed by atoms with Crippen LogP contribution < -0.4 is 15.4 Å². The van der Waals surface area contributed by atoms with Crippen molar-refractivity contribution in [3.05, 3.63) is 23.8 Å². The Hall–Kier alpha value is -1.75. The van der Waals surface area contributed by atoms with Crippen LogP contribution in [0.3, 0.4) is 0 Å². The average molecular weight is 292 g/mol. The van der Waals surface area contributed by atoms with Gasteiger partial charge >= 0.3 is 6.09 Å². The number of rotatable bonds is 4. The van der Waals surface area contributed by atoms with Crippen molar-refractivity contribution in [3.63, 3.8) is 0 Å². The van der Waals surface area contributed by atoms with Gasteiger partial charge in [0.2, 0.25) is 0 Å². The minimum Gasteiger partial charge on any atom is -0.495 e. The number of amides is 1. The Kier molecular flexibility index (Phi) is 4.73. The number of ether oxygens (including phenoxy) is 2. The summed E-state index contributed by atoms with van der Waals surface area (Å²) in [6.45, 7) is 7.64. The molecule has 0 aliphatic carbocycles. The first-order chi connectivity index (χ1) is 9.87. The first-order valence-electron chi connectivity index (χ1n) is 7.25. The zero-order valence-electron chi connectivity index (χ0n) is 13.2. The predicted octanol–water partition coefficient (Wildman–Crippen LogP) is 2.80.